The molecule has 128 valence electrons. The van der Waals surface area contributed by atoms with E-state index in [-0.39, 0.29) is 0 Å². The molecule has 5 heteroatoms. The highest BCUT2D eigenvalue weighted by Gasteiger charge is 2.29. The van der Waals surface area contributed by atoms with Crippen molar-refractivity contribution < 1.29 is 8.42 Å². The molecule has 0 bridgehead atoms. The average molecular weight is 344 g/mol. The number of aryl methyl sites for hydroxylation is 3. The van der Waals surface area contributed by atoms with E-state index in [1.54, 1.807) is 22.5 Å². The van der Waals surface area contributed by atoms with Gasteiger partial charge in [-0.1, -0.05) is 30.3 Å². The predicted molar refractivity (Wildman–Crippen MR) is 98.1 cm³/mol. The Kier molecular flexibility index (Phi) is 4.65. The molecular weight excluding hydrogens is 320 g/mol. The normalized spacial score (nSPS) is 16.4. The van der Waals surface area contributed by atoms with Crippen LogP contribution >= 0.6 is 0 Å². The first-order chi connectivity index (χ1) is 11.4. The van der Waals surface area contributed by atoms with E-state index in [0.29, 0.717) is 18.0 Å². The van der Waals surface area contributed by atoms with Crippen molar-refractivity contribution in [3.8, 4) is 0 Å². The second-order valence-corrected chi connectivity index (χ2v) is 8.39. The number of rotatable bonds is 3. The molecule has 1 aliphatic heterocycles. The smallest absolute Gasteiger partial charge is 0.243 e. The number of hydrogen-bond donors (Lipinski definition) is 0. The van der Waals surface area contributed by atoms with Crippen molar-refractivity contribution in [3.05, 3.63) is 59.2 Å². The summed E-state index contributed by atoms with van der Waals surface area (Å²) >= 11 is 0. The van der Waals surface area contributed by atoms with Crippen LogP contribution in [0, 0.1) is 20.8 Å². The highest BCUT2D eigenvalue weighted by Crippen LogP contribution is 2.27. The fourth-order valence-electron chi connectivity index (χ4n) is 3.38. The third-order valence-electron chi connectivity index (χ3n) is 4.62. The molecule has 1 fully saturated rings. The Balaban J connectivity index is 1.78. The molecule has 0 aliphatic carbocycles. The van der Waals surface area contributed by atoms with E-state index >= 15 is 0 Å². The quantitative estimate of drug-likeness (QED) is 0.859. The third-order valence-corrected chi connectivity index (χ3v) is 6.52. The maximum atomic E-state index is 12.8. The van der Waals surface area contributed by atoms with E-state index in [9.17, 15) is 8.42 Å². The van der Waals surface area contributed by atoms with Crippen LogP contribution in [0.15, 0.2) is 47.4 Å². The first kappa shape index (κ1) is 17.0. The zero-order valence-electron chi connectivity index (χ0n) is 14.5. The molecule has 3 rings (SSSR count). The van der Waals surface area contributed by atoms with Crippen LogP contribution in [0.25, 0.3) is 0 Å². The SMILES string of the molecule is Cc1cccc(S(=O)(=O)N2CCN(c3c(C)cccc3C)CC2)c1. The summed E-state index contributed by atoms with van der Waals surface area (Å²) in [5.74, 6) is 0. The van der Waals surface area contributed by atoms with Crippen LogP contribution < -0.4 is 4.90 Å². The van der Waals surface area contributed by atoms with E-state index in [0.717, 1.165) is 18.7 Å². The first-order valence-corrected chi connectivity index (χ1v) is 9.71. The molecule has 0 N–H and O–H groups in total. The van der Waals surface area contributed by atoms with Crippen LogP contribution in [-0.2, 0) is 10.0 Å². The standard InChI is InChI=1S/C19H24N2O2S/c1-15-6-4-9-18(14-15)24(22,23)21-12-10-20(11-13-21)19-16(2)7-5-8-17(19)3/h4-9,14H,10-13H2,1-3H3. The van der Waals surface area contributed by atoms with Crippen molar-refractivity contribution in [2.45, 2.75) is 25.7 Å². The summed E-state index contributed by atoms with van der Waals surface area (Å²) in [4.78, 5) is 2.69. The molecule has 0 unspecified atom stereocenters. The number of anilines is 1. The zero-order chi connectivity index (χ0) is 17.3. The van der Waals surface area contributed by atoms with Crippen molar-refractivity contribution in [2.24, 2.45) is 0 Å². The van der Waals surface area contributed by atoms with Crippen molar-refractivity contribution in [3.63, 3.8) is 0 Å². The lowest BCUT2D eigenvalue weighted by atomic mass is 10.1. The maximum absolute atomic E-state index is 12.8. The number of hydrogen-bond acceptors (Lipinski definition) is 3. The van der Waals surface area contributed by atoms with Gasteiger partial charge >= 0.3 is 0 Å². The second kappa shape index (κ2) is 6.57. The van der Waals surface area contributed by atoms with E-state index in [2.05, 4.69) is 36.9 Å². The Hall–Kier alpha value is -1.85. The maximum Gasteiger partial charge on any atom is 0.243 e. The number of benzene rings is 2. The summed E-state index contributed by atoms with van der Waals surface area (Å²) in [6.45, 7) is 8.61. The molecule has 1 heterocycles. The van der Waals surface area contributed by atoms with Gasteiger partial charge in [0.15, 0.2) is 0 Å². The van der Waals surface area contributed by atoms with Crippen molar-refractivity contribution in [1.82, 2.24) is 4.31 Å². The van der Waals surface area contributed by atoms with Gasteiger partial charge in [-0.15, -0.1) is 0 Å². The highest BCUT2D eigenvalue weighted by atomic mass is 32.2. The highest BCUT2D eigenvalue weighted by molar-refractivity contribution is 7.89. The lowest BCUT2D eigenvalue weighted by Gasteiger charge is -2.37. The van der Waals surface area contributed by atoms with E-state index in [4.69, 9.17) is 0 Å². The van der Waals surface area contributed by atoms with Gasteiger partial charge in [-0.05, 0) is 49.6 Å². The first-order valence-electron chi connectivity index (χ1n) is 8.27. The van der Waals surface area contributed by atoms with Gasteiger partial charge in [0.05, 0.1) is 4.90 Å². The zero-order valence-corrected chi connectivity index (χ0v) is 15.3. The summed E-state index contributed by atoms with van der Waals surface area (Å²) in [7, 11) is -3.40. The second-order valence-electron chi connectivity index (χ2n) is 6.45. The Morgan fingerprint density at radius 1 is 0.833 bits per heavy atom. The Morgan fingerprint density at radius 2 is 1.42 bits per heavy atom. The van der Waals surface area contributed by atoms with Crippen molar-refractivity contribution >= 4 is 15.7 Å². The van der Waals surface area contributed by atoms with Crippen LogP contribution in [0.5, 0.6) is 0 Å². The summed E-state index contributed by atoms with van der Waals surface area (Å²) < 4.78 is 27.3. The minimum absolute atomic E-state index is 0.392. The third kappa shape index (κ3) is 3.19. The van der Waals surface area contributed by atoms with Crippen LogP contribution in [0.3, 0.4) is 0 Å². The topological polar surface area (TPSA) is 40.6 Å². The molecule has 0 saturated carbocycles. The van der Waals surface area contributed by atoms with Gasteiger partial charge in [0.1, 0.15) is 0 Å². The number of sulfonamides is 1. The molecule has 1 aliphatic rings. The van der Waals surface area contributed by atoms with Crippen molar-refractivity contribution in [1.29, 1.82) is 0 Å². The van der Waals surface area contributed by atoms with E-state index < -0.39 is 10.0 Å². The monoisotopic (exact) mass is 344 g/mol. The molecular formula is C19H24N2O2S. The van der Waals surface area contributed by atoms with Gasteiger partial charge < -0.3 is 4.90 Å². The minimum Gasteiger partial charge on any atom is -0.368 e. The van der Waals surface area contributed by atoms with Gasteiger partial charge in [-0.3, -0.25) is 0 Å². The molecule has 0 aromatic heterocycles. The van der Waals surface area contributed by atoms with Crippen LogP contribution in [0.1, 0.15) is 16.7 Å². The molecule has 0 atom stereocenters. The van der Waals surface area contributed by atoms with Crippen LogP contribution in [0.4, 0.5) is 5.69 Å². The van der Waals surface area contributed by atoms with Gasteiger partial charge in [-0.2, -0.15) is 4.31 Å². The lowest BCUT2D eigenvalue weighted by molar-refractivity contribution is 0.384. The lowest BCUT2D eigenvalue weighted by Crippen LogP contribution is -2.49. The van der Waals surface area contributed by atoms with Crippen molar-refractivity contribution in [2.75, 3.05) is 31.1 Å². The molecule has 2 aromatic rings. The Labute approximate surface area is 144 Å². The average Bonchev–Trinajstić information content (AvgIpc) is 2.55. The molecule has 2 aromatic carbocycles. The van der Waals surface area contributed by atoms with Gasteiger partial charge in [0.25, 0.3) is 0 Å². The summed E-state index contributed by atoms with van der Waals surface area (Å²) in [6.07, 6.45) is 0. The number of piperazine rings is 1. The summed E-state index contributed by atoms with van der Waals surface area (Å²) in [5, 5.41) is 0. The molecule has 4 nitrogen and oxygen atoms in total. The predicted octanol–water partition coefficient (Wildman–Crippen LogP) is 3.12. The number of para-hydroxylation sites is 1. The fourth-order valence-corrected chi connectivity index (χ4v) is 4.91. The van der Waals surface area contributed by atoms with E-state index in [1.165, 1.54) is 16.8 Å². The summed E-state index contributed by atoms with van der Waals surface area (Å²) in [6, 6.07) is 13.4. The van der Waals surface area contributed by atoms with Gasteiger partial charge in [0.2, 0.25) is 10.0 Å². The van der Waals surface area contributed by atoms with Gasteiger partial charge in [-0.25, -0.2) is 8.42 Å². The Bertz CT molecular complexity index is 818. The molecule has 0 radical (unpaired) electrons. The van der Waals surface area contributed by atoms with E-state index in [1.807, 2.05) is 13.0 Å². The number of nitrogens with zero attached hydrogens (tertiary/aromatic N) is 2. The minimum atomic E-state index is -3.40. The fraction of sp³-hybridized carbons (Fsp3) is 0.368. The van der Waals surface area contributed by atoms with Gasteiger partial charge in [0, 0.05) is 31.9 Å². The molecule has 24 heavy (non-hydrogen) atoms. The largest absolute Gasteiger partial charge is 0.368 e. The Morgan fingerprint density at radius 3 is 2.00 bits per heavy atom. The summed E-state index contributed by atoms with van der Waals surface area (Å²) in [5.41, 5.74) is 4.69. The molecule has 0 amide bonds. The molecule has 1 saturated heterocycles. The van der Waals surface area contributed by atoms with Crippen LogP contribution in [0.2, 0.25) is 0 Å². The molecule has 0 spiro atoms. The van der Waals surface area contributed by atoms with Crippen LogP contribution in [-0.4, -0.2) is 38.9 Å².